The average molecular weight is 257 g/mol. The van der Waals surface area contributed by atoms with Gasteiger partial charge in [0.25, 0.3) is 0 Å². The molecule has 0 spiro atoms. The van der Waals surface area contributed by atoms with E-state index in [1.807, 2.05) is 17.3 Å². The predicted octanol–water partition coefficient (Wildman–Crippen LogP) is 1.79. The number of carbonyl (C=O) groups excluding carboxylic acids is 1. The molecule has 1 heterocycles. The highest BCUT2D eigenvalue weighted by Gasteiger charge is 2.21. The molecule has 0 saturated carbocycles. The van der Waals surface area contributed by atoms with Crippen molar-refractivity contribution in [2.45, 2.75) is 33.1 Å². The summed E-state index contributed by atoms with van der Waals surface area (Å²) >= 11 is 0. The first-order valence-electron chi connectivity index (χ1n) is 5.92. The number of rotatable bonds is 2. The zero-order valence-corrected chi connectivity index (χ0v) is 11.6. The molecule has 0 amide bonds. The van der Waals surface area contributed by atoms with Crippen molar-refractivity contribution in [2.24, 2.45) is 0 Å². The van der Waals surface area contributed by atoms with Gasteiger partial charge < -0.3 is 14.2 Å². The molecule has 0 aliphatic heterocycles. The van der Waals surface area contributed by atoms with Crippen molar-refractivity contribution in [3.8, 4) is 0 Å². The number of carbonyl (C=O) groups is 1. The lowest BCUT2D eigenvalue weighted by atomic mass is 10.2. The summed E-state index contributed by atoms with van der Waals surface area (Å²) in [5, 5.41) is 7.57. The molecule has 1 aliphatic rings. The molecule has 0 saturated heterocycles. The summed E-state index contributed by atoms with van der Waals surface area (Å²) in [4.78, 5) is 11.5. The molecule has 1 aromatic rings. The van der Waals surface area contributed by atoms with Crippen molar-refractivity contribution in [2.75, 3.05) is 13.2 Å². The molecule has 1 aromatic heterocycles. The predicted molar refractivity (Wildman–Crippen MR) is 70.3 cm³/mol. The third-order valence-electron chi connectivity index (χ3n) is 2.58. The van der Waals surface area contributed by atoms with E-state index in [4.69, 9.17) is 9.84 Å². The van der Waals surface area contributed by atoms with Gasteiger partial charge in [0, 0.05) is 12.3 Å². The first-order chi connectivity index (χ1) is 8.15. The van der Waals surface area contributed by atoms with Gasteiger partial charge in [-0.05, 0) is 54.1 Å². The maximum absolute atomic E-state index is 11.5. The van der Waals surface area contributed by atoms with Gasteiger partial charge in [-0.2, -0.15) is 0 Å². The van der Waals surface area contributed by atoms with Crippen LogP contribution in [0.2, 0.25) is 0 Å². The molecule has 5 heteroatoms. The van der Waals surface area contributed by atoms with E-state index in [1.165, 1.54) is 17.7 Å². The summed E-state index contributed by atoms with van der Waals surface area (Å²) in [6.07, 6.45) is 3.35. The number of hydrogen-bond acceptors (Lipinski definition) is 3. The minimum atomic E-state index is -0.225. The highest BCUT2D eigenvalue weighted by molar-refractivity contribution is 7.14. The first-order valence-corrected chi connectivity index (χ1v) is 6.43. The van der Waals surface area contributed by atoms with Crippen LogP contribution in [0, 0.1) is 0 Å². The molecule has 2 rings (SSSR count). The van der Waals surface area contributed by atoms with Gasteiger partial charge in [0.2, 0.25) is 0 Å². The number of aliphatic hydroxyl groups is 1. The number of aliphatic hydroxyl groups excluding tert-OH is 1. The summed E-state index contributed by atoms with van der Waals surface area (Å²) in [5.41, 5.74) is 3.21. The highest BCUT2D eigenvalue weighted by atomic mass is 31.0. The number of esters is 1. The lowest BCUT2D eigenvalue weighted by Gasteiger charge is -2.04. The molecule has 0 aromatic carbocycles. The summed E-state index contributed by atoms with van der Waals surface area (Å²) < 4.78 is 6.86. The van der Waals surface area contributed by atoms with Crippen LogP contribution in [0.15, 0.2) is 6.07 Å². The van der Waals surface area contributed by atoms with Crippen LogP contribution in [0.25, 0.3) is 0 Å². The maximum Gasteiger partial charge on any atom is 0.355 e. The van der Waals surface area contributed by atoms with Gasteiger partial charge in [-0.25, -0.2) is 4.79 Å². The van der Waals surface area contributed by atoms with Crippen LogP contribution in [0.1, 0.15) is 42.0 Å². The molecule has 0 bridgehead atoms. The molecule has 17 heavy (non-hydrogen) atoms. The minimum absolute atomic E-state index is 0.225. The molecule has 1 N–H and O–H groups in total. The summed E-state index contributed by atoms with van der Waals surface area (Å²) in [7, 11) is 2.58. The Morgan fingerprint density at radius 3 is 2.71 bits per heavy atom. The van der Waals surface area contributed by atoms with E-state index in [9.17, 15) is 4.79 Å². The van der Waals surface area contributed by atoms with Crippen LogP contribution in [0.5, 0.6) is 0 Å². The molecule has 0 fully saturated rings. The second kappa shape index (κ2) is 6.77. The number of fused-ring (bicyclic) bond motifs is 1. The Bertz CT molecular complexity index is 387. The van der Waals surface area contributed by atoms with E-state index in [1.54, 1.807) is 6.92 Å². The van der Waals surface area contributed by atoms with Gasteiger partial charge >= 0.3 is 5.97 Å². The van der Waals surface area contributed by atoms with E-state index in [2.05, 4.69) is 9.39 Å². The van der Waals surface area contributed by atoms with E-state index < -0.39 is 0 Å². The van der Waals surface area contributed by atoms with Crippen LogP contribution in [-0.2, 0) is 17.6 Å². The van der Waals surface area contributed by atoms with Crippen LogP contribution < -0.4 is 0 Å². The standard InChI is InChI=1S/C10H14NO2P.C2H6O/c1-2-13-10(12)9-6-7-4-3-5-8(7)11(9)14;1-2-3/h6H,2-5,14H2,1H3;3H,2H2,1H3. The molecule has 1 unspecified atom stereocenters. The maximum atomic E-state index is 11.5. The van der Waals surface area contributed by atoms with Crippen LogP contribution in [-0.4, -0.2) is 28.6 Å². The third kappa shape index (κ3) is 3.30. The van der Waals surface area contributed by atoms with Gasteiger partial charge in [-0.3, -0.25) is 0 Å². The smallest absolute Gasteiger partial charge is 0.355 e. The number of ether oxygens (including phenoxy) is 1. The quantitative estimate of drug-likeness (QED) is 0.649. The Morgan fingerprint density at radius 2 is 2.18 bits per heavy atom. The van der Waals surface area contributed by atoms with Crippen LogP contribution >= 0.6 is 9.39 Å². The molecule has 4 nitrogen and oxygen atoms in total. The molecule has 96 valence electrons. The Kier molecular flexibility index (Phi) is 5.66. The summed E-state index contributed by atoms with van der Waals surface area (Å²) in [6.45, 7) is 4.18. The Balaban J connectivity index is 0.000000437. The van der Waals surface area contributed by atoms with Crippen molar-refractivity contribution in [1.29, 1.82) is 0 Å². The van der Waals surface area contributed by atoms with Gasteiger partial charge in [0.05, 0.1) is 6.61 Å². The second-order valence-electron chi connectivity index (χ2n) is 3.76. The van der Waals surface area contributed by atoms with Crippen molar-refractivity contribution in [3.63, 3.8) is 0 Å². The van der Waals surface area contributed by atoms with E-state index >= 15 is 0 Å². The monoisotopic (exact) mass is 257 g/mol. The molecule has 0 radical (unpaired) electrons. The normalized spacial score (nSPS) is 12.7. The Morgan fingerprint density at radius 1 is 1.53 bits per heavy atom. The third-order valence-corrected chi connectivity index (χ3v) is 3.17. The van der Waals surface area contributed by atoms with Gasteiger partial charge in [-0.15, -0.1) is 0 Å². The second-order valence-corrected chi connectivity index (χ2v) is 4.28. The van der Waals surface area contributed by atoms with Gasteiger partial charge in [0.15, 0.2) is 0 Å². The average Bonchev–Trinajstić information content (AvgIpc) is 2.83. The van der Waals surface area contributed by atoms with Crippen LogP contribution in [0.3, 0.4) is 0 Å². The van der Waals surface area contributed by atoms with Crippen molar-refractivity contribution >= 4 is 15.4 Å². The number of nitrogens with zero attached hydrogens (tertiary/aromatic N) is 1. The van der Waals surface area contributed by atoms with Crippen molar-refractivity contribution in [3.05, 3.63) is 23.0 Å². The Hall–Kier alpha value is -0.860. The van der Waals surface area contributed by atoms with Gasteiger partial charge in [-0.1, -0.05) is 0 Å². The topological polar surface area (TPSA) is 51.5 Å². The number of hydrogen-bond donors (Lipinski definition) is 1. The molecular weight excluding hydrogens is 237 g/mol. The van der Waals surface area contributed by atoms with Crippen LogP contribution in [0.4, 0.5) is 0 Å². The minimum Gasteiger partial charge on any atom is -0.461 e. The Labute approximate surface area is 104 Å². The SMILES string of the molecule is CCO.CCOC(=O)c1cc2c(n1P)CCC2. The lowest BCUT2D eigenvalue weighted by molar-refractivity contribution is 0.0518. The lowest BCUT2D eigenvalue weighted by Crippen LogP contribution is -2.08. The molecular formula is C12H20NO3P. The fraction of sp³-hybridized carbons (Fsp3) is 0.583. The fourth-order valence-electron chi connectivity index (χ4n) is 1.92. The molecule has 1 aliphatic carbocycles. The number of aromatic nitrogens is 1. The summed E-state index contributed by atoms with van der Waals surface area (Å²) in [5.74, 6) is -0.225. The zero-order valence-electron chi connectivity index (χ0n) is 10.4. The highest BCUT2D eigenvalue weighted by Crippen LogP contribution is 2.27. The summed E-state index contributed by atoms with van der Waals surface area (Å²) in [6, 6.07) is 1.95. The zero-order chi connectivity index (χ0) is 12.8. The van der Waals surface area contributed by atoms with Crippen molar-refractivity contribution < 1.29 is 14.6 Å². The van der Waals surface area contributed by atoms with Crippen molar-refractivity contribution in [1.82, 2.24) is 4.34 Å². The largest absolute Gasteiger partial charge is 0.461 e. The number of aryl methyl sites for hydroxylation is 1. The molecule has 1 atom stereocenters. The van der Waals surface area contributed by atoms with Gasteiger partial charge in [0.1, 0.15) is 5.69 Å². The van der Waals surface area contributed by atoms with E-state index in [-0.39, 0.29) is 12.6 Å². The van der Waals surface area contributed by atoms with E-state index in [0.717, 1.165) is 12.8 Å². The first kappa shape index (κ1) is 14.2. The fourth-order valence-corrected chi connectivity index (χ4v) is 2.40. The van der Waals surface area contributed by atoms with E-state index in [0.29, 0.717) is 12.3 Å².